The zero-order chi connectivity index (χ0) is 13.5. The monoisotopic (exact) mass is 261 g/mol. The molecule has 0 aliphatic carbocycles. The fraction of sp³-hybridized carbons (Fsp3) is 0.533. The van der Waals surface area contributed by atoms with Crippen LogP contribution in [0.25, 0.3) is 0 Å². The van der Waals surface area contributed by atoms with Crippen LogP contribution < -0.4 is 5.32 Å². The van der Waals surface area contributed by atoms with Crippen LogP contribution in [0, 0.1) is 0 Å². The Morgan fingerprint density at radius 2 is 2.37 bits per heavy atom. The molecule has 2 aromatic rings. The number of hydrogen-bond donors (Lipinski definition) is 1. The van der Waals surface area contributed by atoms with Gasteiger partial charge in [0.1, 0.15) is 11.6 Å². The molecule has 2 heterocycles. The summed E-state index contributed by atoms with van der Waals surface area (Å²) in [5.41, 5.74) is 0. The molecule has 4 nitrogen and oxygen atoms in total. The van der Waals surface area contributed by atoms with Gasteiger partial charge in [-0.15, -0.1) is 0 Å². The van der Waals surface area contributed by atoms with Crippen molar-refractivity contribution < 1.29 is 4.42 Å². The van der Waals surface area contributed by atoms with Crippen molar-refractivity contribution in [1.82, 2.24) is 14.9 Å². The van der Waals surface area contributed by atoms with Gasteiger partial charge in [-0.05, 0) is 31.9 Å². The maximum atomic E-state index is 5.34. The number of aryl methyl sites for hydroxylation is 2. The lowest BCUT2D eigenvalue weighted by atomic mass is 10.1. The molecule has 1 atom stereocenters. The van der Waals surface area contributed by atoms with Crippen molar-refractivity contribution in [2.24, 2.45) is 0 Å². The first-order chi connectivity index (χ1) is 9.29. The summed E-state index contributed by atoms with van der Waals surface area (Å²) in [4.78, 5) is 4.40. The van der Waals surface area contributed by atoms with E-state index in [0.717, 1.165) is 43.9 Å². The third-order valence-corrected chi connectivity index (χ3v) is 3.28. The number of nitrogens with zero attached hydrogens (tertiary/aromatic N) is 2. The molecule has 0 aliphatic rings. The van der Waals surface area contributed by atoms with Crippen LogP contribution in [-0.2, 0) is 19.5 Å². The van der Waals surface area contributed by atoms with Crippen LogP contribution in [0.5, 0.6) is 0 Å². The highest BCUT2D eigenvalue weighted by atomic mass is 16.3. The molecule has 0 spiro atoms. The van der Waals surface area contributed by atoms with E-state index in [1.54, 1.807) is 6.26 Å². The first-order valence-corrected chi connectivity index (χ1v) is 7.05. The van der Waals surface area contributed by atoms with Crippen LogP contribution >= 0.6 is 0 Å². The highest BCUT2D eigenvalue weighted by Crippen LogP contribution is 2.06. The molecule has 0 bridgehead atoms. The van der Waals surface area contributed by atoms with Crippen LogP contribution in [0.15, 0.2) is 35.2 Å². The predicted molar refractivity (Wildman–Crippen MR) is 75.8 cm³/mol. The van der Waals surface area contributed by atoms with E-state index >= 15 is 0 Å². The van der Waals surface area contributed by atoms with Gasteiger partial charge in [0.2, 0.25) is 0 Å². The maximum Gasteiger partial charge on any atom is 0.122 e. The summed E-state index contributed by atoms with van der Waals surface area (Å²) in [5, 5.41) is 3.52. The van der Waals surface area contributed by atoms with E-state index in [0.29, 0.717) is 6.04 Å². The Morgan fingerprint density at radius 3 is 3.11 bits per heavy atom. The molecule has 0 saturated heterocycles. The Bertz CT molecular complexity index is 461. The molecule has 2 aromatic heterocycles. The molecule has 0 saturated carbocycles. The van der Waals surface area contributed by atoms with Crippen LogP contribution in [0.1, 0.15) is 38.3 Å². The summed E-state index contributed by atoms with van der Waals surface area (Å²) in [5.74, 6) is 2.17. The molecule has 0 aliphatic heterocycles. The van der Waals surface area contributed by atoms with Gasteiger partial charge in [-0.2, -0.15) is 0 Å². The van der Waals surface area contributed by atoms with Gasteiger partial charge >= 0.3 is 0 Å². The summed E-state index contributed by atoms with van der Waals surface area (Å²) >= 11 is 0. The Balaban J connectivity index is 1.73. The number of aromatic nitrogens is 2. The third-order valence-electron chi connectivity index (χ3n) is 3.28. The van der Waals surface area contributed by atoms with Crippen molar-refractivity contribution in [3.8, 4) is 0 Å². The van der Waals surface area contributed by atoms with E-state index in [2.05, 4.69) is 28.7 Å². The number of hydrogen-bond acceptors (Lipinski definition) is 3. The van der Waals surface area contributed by atoms with Crippen molar-refractivity contribution in [2.75, 3.05) is 0 Å². The summed E-state index contributed by atoms with van der Waals surface area (Å²) < 4.78 is 7.56. The number of furan rings is 1. The van der Waals surface area contributed by atoms with E-state index < -0.39 is 0 Å². The maximum absolute atomic E-state index is 5.34. The minimum atomic E-state index is 0.455. The topological polar surface area (TPSA) is 43.0 Å². The average molecular weight is 261 g/mol. The van der Waals surface area contributed by atoms with Crippen molar-refractivity contribution in [2.45, 2.75) is 52.2 Å². The number of rotatable bonds is 8. The fourth-order valence-electron chi connectivity index (χ4n) is 2.13. The molecule has 0 radical (unpaired) electrons. The molecule has 4 heteroatoms. The van der Waals surface area contributed by atoms with E-state index in [-0.39, 0.29) is 0 Å². The van der Waals surface area contributed by atoms with Crippen molar-refractivity contribution in [1.29, 1.82) is 0 Å². The normalized spacial score (nSPS) is 12.7. The van der Waals surface area contributed by atoms with Crippen LogP contribution in [0.2, 0.25) is 0 Å². The van der Waals surface area contributed by atoms with Gasteiger partial charge in [0.25, 0.3) is 0 Å². The zero-order valence-electron chi connectivity index (χ0n) is 11.8. The van der Waals surface area contributed by atoms with Crippen molar-refractivity contribution in [3.63, 3.8) is 0 Å². The Kier molecular flexibility index (Phi) is 5.21. The Hall–Kier alpha value is -1.55. The second kappa shape index (κ2) is 7.14. The van der Waals surface area contributed by atoms with Crippen LogP contribution in [0.3, 0.4) is 0 Å². The number of imidazole rings is 1. The minimum Gasteiger partial charge on any atom is -0.469 e. The van der Waals surface area contributed by atoms with E-state index in [1.807, 2.05) is 24.5 Å². The molecule has 104 valence electrons. The molecule has 0 amide bonds. The van der Waals surface area contributed by atoms with Crippen LogP contribution in [0.4, 0.5) is 0 Å². The second-order valence-electron chi connectivity index (χ2n) is 4.94. The van der Waals surface area contributed by atoms with Gasteiger partial charge in [-0.3, -0.25) is 0 Å². The van der Waals surface area contributed by atoms with Crippen LogP contribution in [-0.4, -0.2) is 15.6 Å². The summed E-state index contributed by atoms with van der Waals surface area (Å²) in [6.45, 7) is 6.25. The molecule has 0 fully saturated rings. The van der Waals surface area contributed by atoms with Gasteiger partial charge in [0.15, 0.2) is 0 Å². The lowest BCUT2D eigenvalue weighted by Gasteiger charge is -2.13. The Labute approximate surface area is 114 Å². The highest BCUT2D eigenvalue weighted by Gasteiger charge is 2.06. The molecule has 19 heavy (non-hydrogen) atoms. The molecular formula is C15H23N3O. The molecule has 2 rings (SSSR count). The van der Waals surface area contributed by atoms with Crippen molar-refractivity contribution >= 4 is 0 Å². The van der Waals surface area contributed by atoms with E-state index in [4.69, 9.17) is 4.42 Å². The third kappa shape index (κ3) is 4.24. The predicted octanol–water partition coefficient (Wildman–Crippen LogP) is 3.00. The largest absolute Gasteiger partial charge is 0.469 e. The fourth-order valence-corrected chi connectivity index (χ4v) is 2.13. The quantitative estimate of drug-likeness (QED) is 0.794. The molecule has 1 unspecified atom stereocenters. The summed E-state index contributed by atoms with van der Waals surface area (Å²) in [6.07, 6.45) is 8.84. The van der Waals surface area contributed by atoms with E-state index in [1.165, 1.54) is 0 Å². The lowest BCUT2D eigenvalue weighted by Crippen LogP contribution is -2.27. The average Bonchev–Trinajstić information content (AvgIpc) is 3.06. The molecule has 0 aromatic carbocycles. The highest BCUT2D eigenvalue weighted by molar-refractivity contribution is 4.98. The molecular weight excluding hydrogens is 238 g/mol. The van der Waals surface area contributed by atoms with Gasteiger partial charge in [-0.25, -0.2) is 4.98 Å². The first-order valence-electron chi connectivity index (χ1n) is 7.05. The summed E-state index contributed by atoms with van der Waals surface area (Å²) in [6, 6.07) is 4.42. The minimum absolute atomic E-state index is 0.455. The zero-order valence-corrected chi connectivity index (χ0v) is 11.8. The molecule has 1 N–H and O–H groups in total. The SMILES string of the molecule is CCCn1ccnc1CNC(C)CCc1ccco1. The summed E-state index contributed by atoms with van der Waals surface area (Å²) in [7, 11) is 0. The van der Waals surface area contributed by atoms with E-state index in [9.17, 15) is 0 Å². The second-order valence-corrected chi connectivity index (χ2v) is 4.94. The van der Waals surface area contributed by atoms with Gasteiger partial charge < -0.3 is 14.3 Å². The van der Waals surface area contributed by atoms with Gasteiger partial charge in [-0.1, -0.05) is 6.92 Å². The van der Waals surface area contributed by atoms with Gasteiger partial charge in [0.05, 0.1) is 12.8 Å². The Morgan fingerprint density at radius 1 is 1.47 bits per heavy atom. The smallest absolute Gasteiger partial charge is 0.122 e. The van der Waals surface area contributed by atoms with Gasteiger partial charge in [0, 0.05) is 31.4 Å². The van der Waals surface area contributed by atoms with Crippen molar-refractivity contribution in [3.05, 3.63) is 42.4 Å². The number of nitrogens with one attached hydrogen (secondary N) is 1. The first kappa shape index (κ1) is 13.9. The standard InChI is InChI=1S/C15H23N3O/c1-3-9-18-10-8-16-15(18)12-17-13(2)6-7-14-5-4-11-19-14/h4-5,8,10-11,13,17H,3,6-7,9,12H2,1-2H3. The lowest BCUT2D eigenvalue weighted by molar-refractivity contribution is 0.452.